The minimum absolute atomic E-state index is 0.00441. The topological polar surface area (TPSA) is 64.4 Å². The van der Waals surface area contributed by atoms with E-state index >= 15 is 0 Å². The first kappa shape index (κ1) is 14.3. The third kappa shape index (κ3) is 3.71. The van der Waals surface area contributed by atoms with Crippen LogP contribution in [0.3, 0.4) is 0 Å². The first-order valence-electron chi connectivity index (χ1n) is 6.37. The van der Waals surface area contributed by atoms with E-state index in [9.17, 15) is 10.1 Å². The molecule has 0 radical (unpaired) electrons. The maximum atomic E-state index is 10.9. The molecule has 1 aromatic carbocycles. The number of benzene rings is 1. The molecule has 0 aliphatic heterocycles. The number of hydrogen-bond donors (Lipinski definition) is 1. The minimum atomic E-state index is -0.430. The van der Waals surface area contributed by atoms with Crippen LogP contribution in [-0.2, 0) is 6.42 Å². The highest BCUT2D eigenvalue weighted by molar-refractivity contribution is 7.07. The average Bonchev–Trinajstić information content (AvgIpc) is 2.92. The number of anilines is 1. The highest BCUT2D eigenvalue weighted by Crippen LogP contribution is 2.30. The van der Waals surface area contributed by atoms with Crippen molar-refractivity contribution >= 4 is 22.7 Å². The summed E-state index contributed by atoms with van der Waals surface area (Å²) in [6.45, 7) is 2.99. The molecule has 0 fully saturated rings. The molecular weight excluding hydrogens is 276 g/mol. The van der Waals surface area contributed by atoms with E-state index in [-0.39, 0.29) is 5.69 Å². The van der Waals surface area contributed by atoms with Crippen molar-refractivity contribution in [2.45, 2.75) is 13.3 Å². The van der Waals surface area contributed by atoms with Crippen molar-refractivity contribution in [3.63, 3.8) is 0 Å². The average molecular weight is 292 g/mol. The molecule has 5 nitrogen and oxygen atoms in total. The summed E-state index contributed by atoms with van der Waals surface area (Å²) in [6.07, 6.45) is 0.921. The van der Waals surface area contributed by atoms with Gasteiger partial charge in [-0.3, -0.25) is 10.1 Å². The molecule has 0 bridgehead atoms. The first-order chi connectivity index (χ1) is 9.70. The van der Waals surface area contributed by atoms with Crippen LogP contribution in [0.1, 0.15) is 12.5 Å². The maximum Gasteiger partial charge on any atom is 0.311 e. The van der Waals surface area contributed by atoms with Crippen molar-refractivity contribution in [3.8, 4) is 5.75 Å². The van der Waals surface area contributed by atoms with E-state index in [1.54, 1.807) is 30.4 Å². The Kier molecular flexibility index (Phi) is 4.95. The molecule has 0 atom stereocenters. The second kappa shape index (κ2) is 6.91. The molecule has 0 saturated carbocycles. The first-order valence-corrected chi connectivity index (χ1v) is 7.31. The van der Waals surface area contributed by atoms with Gasteiger partial charge in [0.2, 0.25) is 0 Å². The van der Waals surface area contributed by atoms with Gasteiger partial charge in [-0.25, -0.2) is 0 Å². The summed E-state index contributed by atoms with van der Waals surface area (Å²) in [6, 6.07) is 6.94. The van der Waals surface area contributed by atoms with Crippen molar-refractivity contribution in [1.29, 1.82) is 0 Å². The summed E-state index contributed by atoms with van der Waals surface area (Å²) in [5.74, 6) is 0.304. The minimum Gasteiger partial charge on any atom is -0.487 e. The van der Waals surface area contributed by atoms with E-state index in [0.29, 0.717) is 12.4 Å². The number of rotatable bonds is 7. The molecule has 20 heavy (non-hydrogen) atoms. The zero-order valence-corrected chi connectivity index (χ0v) is 12.0. The van der Waals surface area contributed by atoms with Gasteiger partial charge in [0.15, 0.2) is 5.75 Å². The standard InChI is InChI=1S/C14H16N2O3S/c1-2-19-14-9-12(3-4-13(14)16(17)18)15-7-5-11-6-8-20-10-11/h3-4,6,8-10,15H,2,5,7H2,1H3. The van der Waals surface area contributed by atoms with Crippen LogP contribution < -0.4 is 10.1 Å². The highest BCUT2D eigenvalue weighted by atomic mass is 32.1. The summed E-state index contributed by atoms with van der Waals surface area (Å²) in [5.41, 5.74) is 2.11. The number of nitrogens with zero attached hydrogens (tertiary/aromatic N) is 1. The third-order valence-corrected chi connectivity index (χ3v) is 3.51. The molecule has 1 heterocycles. The highest BCUT2D eigenvalue weighted by Gasteiger charge is 2.15. The number of hydrogen-bond acceptors (Lipinski definition) is 5. The molecule has 1 N–H and O–H groups in total. The van der Waals surface area contributed by atoms with Crippen molar-refractivity contribution in [3.05, 3.63) is 50.7 Å². The van der Waals surface area contributed by atoms with E-state index < -0.39 is 4.92 Å². The molecule has 106 valence electrons. The van der Waals surface area contributed by atoms with Gasteiger partial charge in [0, 0.05) is 24.4 Å². The summed E-state index contributed by atoms with van der Waals surface area (Å²) in [7, 11) is 0. The molecule has 2 aromatic rings. The largest absolute Gasteiger partial charge is 0.487 e. The Labute approximate surface area is 121 Å². The monoisotopic (exact) mass is 292 g/mol. The van der Waals surface area contributed by atoms with E-state index in [4.69, 9.17) is 4.74 Å². The van der Waals surface area contributed by atoms with Crippen LogP contribution in [0, 0.1) is 10.1 Å². The van der Waals surface area contributed by atoms with Crippen LogP contribution in [0.25, 0.3) is 0 Å². The predicted molar refractivity (Wildman–Crippen MR) is 80.8 cm³/mol. The summed E-state index contributed by atoms with van der Waals surface area (Å²) >= 11 is 1.68. The Balaban J connectivity index is 2.01. The molecule has 1 aromatic heterocycles. The van der Waals surface area contributed by atoms with Crippen molar-refractivity contribution < 1.29 is 9.66 Å². The van der Waals surface area contributed by atoms with Gasteiger partial charge in [0.25, 0.3) is 0 Å². The van der Waals surface area contributed by atoms with E-state index in [1.807, 2.05) is 0 Å². The Bertz CT molecular complexity index is 570. The molecule has 6 heteroatoms. The van der Waals surface area contributed by atoms with Crippen LogP contribution in [-0.4, -0.2) is 18.1 Å². The predicted octanol–water partition coefficient (Wildman–Crippen LogP) is 3.71. The second-order valence-electron chi connectivity index (χ2n) is 4.18. The van der Waals surface area contributed by atoms with E-state index in [2.05, 4.69) is 22.1 Å². The zero-order chi connectivity index (χ0) is 14.4. The van der Waals surface area contributed by atoms with Crippen LogP contribution in [0.2, 0.25) is 0 Å². The summed E-state index contributed by atoms with van der Waals surface area (Å²) in [5, 5.41) is 18.3. The molecule has 0 saturated heterocycles. The van der Waals surface area contributed by atoms with Gasteiger partial charge in [-0.2, -0.15) is 11.3 Å². The lowest BCUT2D eigenvalue weighted by atomic mass is 10.2. The van der Waals surface area contributed by atoms with Gasteiger partial charge >= 0.3 is 5.69 Å². The van der Waals surface area contributed by atoms with E-state index in [0.717, 1.165) is 18.7 Å². The lowest BCUT2D eigenvalue weighted by molar-refractivity contribution is -0.385. The second-order valence-corrected chi connectivity index (χ2v) is 4.96. The fraction of sp³-hybridized carbons (Fsp3) is 0.286. The maximum absolute atomic E-state index is 10.9. The third-order valence-electron chi connectivity index (χ3n) is 2.78. The van der Waals surface area contributed by atoms with Gasteiger partial charge in [-0.15, -0.1) is 0 Å². The van der Waals surface area contributed by atoms with Crippen molar-refractivity contribution in [2.24, 2.45) is 0 Å². The lowest BCUT2D eigenvalue weighted by Gasteiger charge is -2.09. The SMILES string of the molecule is CCOc1cc(NCCc2ccsc2)ccc1[N+](=O)[O-]. The molecule has 0 aliphatic rings. The Hall–Kier alpha value is -2.08. The van der Waals surface area contributed by atoms with Gasteiger partial charge in [0.05, 0.1) is 11.5 Å². The Morgan fingerprint density at radius 1 is 1.40 bits per heavy atom. The Morgan fingerprint density at radius 2 is 2.25 bits per heavy atom. The number of thiophene rings is 1. The number of nitrogens with one attached hydrogen (secondary N) is 1. The molecular formula is C14H16N2O3S. The smallest absolute Gasteiger partial charge is 0.311 e. The van der Waals surface area contributed by atoms with Gasteiger partial charge in [-0.05, 0) is 41.8 Å². The summed E-state index contributed by atoms with van der Waals surface area (Å²) < 4.78 is 5.31. The van der Waals surface area contributed by atoms with Gasteiger partial charge in [0.1, 0.15) is 0 Å². The van der Waals surface area contributed by atoms with Crippen LogP contribution in [0.15, 0.2) is 35.0 Å². The van der Waals surface area contributed by atoms with Gasteiger partial charge < -0.3 is 10.1 Å². The molecule has 0 aliphatic carbocycles. The normalized spacial score (nSPS) is 10.2. The van der Waals surface area contributed by atoms with Crippen LogP contribution in [0.4, 0.5) is 11.4 Å². The fourth-order valence-corrected chi connectivity index (χ4v) is 2.54. The lowest BCUT2D eigenvalue weighted by Crippen LogP contribution is -2.05. The van der Waals surface area contributed by atoms with Crippen molar-refractivity contribution in [2.75, 3.05) is 18.5 Å². The van der Waals surface area contributed by atoms with Crippen LogP contribution >= 0.6 is 11.3 Å². The summed E-state index contributed by atoms with van der Waals surface area (Å²) in [4.78, 5) is 10.5. The number of nitro benzene ring substituents is 1. The fourth-order valence-electron chi connectivity index (χ4n) is 1.83. The van der Waals surface area contributed by atoms with Gasteiger partial charge in [-0.1, -0.05) is 0 Å². The Morgan fingerprint density at radius 3 is 2.90 bits per heavy atom. The molecule has 2 rings (SSSR count). The number of ether oxygens (including phenoxy) is 1. The quantitative estimate of drug-likeness (QED) is 0.624. The molecule has 0 amide bonds. The van der Waals surface area contributed by atoms with E-state index in [1.165, 1.54) is 11.6 Å². The number of nitro groups is 1. The van der Waals surface area contributed by atoms with Crippen molar-refractivity contribution in [1.82, 2.24) is 0 Å². The molecule has 0 unspecified atom stereocenters. The molecule has 0 spiro atoms. The van der Waals surface area contributed by atoms with Crippen LogP contribution in [0.5, 0.6) is 5.75 Å². The zero-order valence-electron chi connectivity index (χ0n) is 11.2.